The number of hydrogen-bond donors (Lipinski definition) is 4. The van der Waals surface area contributed by atoms with E-state index in [0.717, 1.165) is 63.2 Å². The van der Waals surface area contributed by atoms with Gasteiger partial charge in [-0.1, -0.05) is 13.8 Å². The molecule has 1 unspecified atom stereocenters. The maximum atomic E-state index is 12.8. The Morgan fingerprint density at radius 2 is 1.81 bits per heavy atom. The fourth-order valence-electron chi connectivity index (χ4n) is 7.52. The second kappa shape index (κ2) is 13.0. The SMILES string of the molecule is Cc1cc(-c2nc(C(N)=O)c(Nc3ccc(N4CCC(N5CCN(C)CC5)CC4)c(C(C)C)c3)nc2NC2CCOC3(CC3)C2)n[nH]1. The second-order valence-corrected chi connectivity index (χ2v) is 14.4. The molecule has 7 rings (SSSR count). The quantitative estimate of drug-likeness (QED) is 0.264. The third-order valence-electron chi connectivity index (χ3n) is 10.5. The van der Waals surface area contributed by atoms with Gasteiger partial charge in [0.2, 0.25) is 0 Å². The first-order chi connectivity index (χ1) is 22.7. The third-order valence-corrected chi connectivity index (χ3v) is 10.5. The number of likely N-dealkylation sites (N-methyl/N-ethyl adjacent to an activating group) is 1. The molecule has 0 radical (unpaired) electrons. The summed E-state index contributed by atoms with van der Waals surface area (Å²) in [5, 5.41) is 14.5. The van der Waals surface area contributed by atoms with Crippen molar-refractivity contribution in [2.45, 2.75) is 82.9 Å². The Bertz CT molecular complexity index is 1580. The number of carbonyl (C=O) groups excluding carboxylic acids is 1. The molecule has 3 aliphatic heterocycles. The lowest BCUT2D eigenvalue weighted by atomic mass is 9.96. The molecule has 0 bridgehead atoms. The molecule has 1 aliphatic carbocycles. The molecule has 252 valence electrons. The number of carbonyl (C=O) groups is 1. The number of primary amides is 1. The largest absolute Gasteiger partial charge is 0.375 e. The van der Waals surface area contributed by atoms with Crippen LogP contribution in [0, 0.1) is 6.92 Å². The number of nitrogens with two attached hydrogens (primary N) is 1. The number of aryl methyl sites for hydroxylation is 1. The van der Waals surface area contributed by atoms with E-state index < -0.39 is 5.91 Å². The van der Waals surface area contributed by atoms with E-state index >= 15 is 0 Å². The number of rotatable bonds is 9. The number of amides is 1. The molecular formula is C35H50N10O2. The standard InChI is InChI=1S/C35H50N10O2/c1-22(2)27-20-24(5-6-29(27)45-12-7-26(8-13-45)44-16-14-43(4)15-17-44)37-34-31(32(36)46)39-30(28-19-23(3)41-42-28)33(40-34)38-25-9-18-47-35(21-25)10-11-35/h5-6,19-20,22,25-26H,7-18,21H2,1-4H3,(H2,36,46)(H,41,42)(H2,37,38,40). The van der Waals surface area contributed by atoms with Gasteiger partial charge in [-0.15, -0.1) is 0 Å². The molecule has 1 saturated carbocycles. The highest BCUT2D eigenvalue weighted by atomic mass is 16.5. The maximum absolute atomic E-state index is 12.8. The molecule has 3 aromatic rings. The summed E-state index contributed by atoms with van der Waals surface area (Å²) in [6, 6.07) is 9.23. The van der Waals surface area contributed by atoms with Crippen LogP contribution in [0.3, 0.4) is 0 Å². The number of nitrogens with zero attached hydrogens (tertiary/aromatic N) is 6. The first-order valence-corrected chi connectivity index (χ1v) is 17.4. The lowest BCUT2D eigenvalue weighted by Gasteiger charge is -2.43. The van der Waals surface area contributed by atoms with Gasteiger partial charge in [0.15, 0.2) is 17.3 Å². The van der Waals surface area contributed by atoms with Crippen LogP contribution in [0.2, 0.25) is 0 Å². The molecule has 3 saturated heterocycles. The third kappa shape index (κ3) is 6.95. The fourth-order valence-corrected chi connectivity index (χ4v) is 7.52. The summed E-state index contributed by atoms with van der Waals surface area (Å²) in [5.41, 5.74) is 11.4. The van der Waals surface area contributed by atoms with Gasteiger partial charge in [0.1, 0.15) is 11.4 Å². The lowest BCUT2D eigenvalue weighted by Crippen LogP contribution is -2.52. The molecule has 12 nitrogen and oxygen atoms in total. The maximum Gasteiger partial charge on any atom is 0.271 e. The van der Waals surface area contributed by atoms with Crippen molar-refractivity contribution < 1.29 is 9.53 Å². The highest BCUT2D eigenvalue weighted by Crippen LogP contribution is 2.47. The van der Waals surface area contributed by atoms with Gasteiger partial charge in [-0.05, 0) is 88.2 Å². The molecule has 12 heteroatoms. The lowest BCUT2D eigenvalue weighted by molar-refractivity contribution is -0.00884. The molecule has 4 aliphatic rings. The Labute approximate surface area is 277 Å². The zero-order valence-corrected chi connectivity index (χ0v) is 28.3. The number of H-pyrrole nitrogens is 1. The molecule has 2 aromatic heterocycles. The Morgan fingerprint density at radius 1 is 1.04 bits per heavy atom. The van der Waals surface area contributed by atoms with Gasteiger partial charge in [-0.2, -0.15) is 5.10 Å². The van der Waals surface area contributed by atoms with Crippen LogP contribution in [0.25, 0.3) is 11.4 Å². The molecular weight excluding hydrogens is 592 g/mol. The number of hydrogen-bond acceptors (Lipinski definition) is 10. The number of ether oxygens (including phenoxy) is 1. The van der Waals surface area contributed by atoms with Crippen molar-refractivity contribution in [3.05, 3.63) is 41.2 Å². The van der Waals surface area contributed by atoms with Gasteiger partial charge >= 0.3 is 0 Å². The van der Waals surface area contributed by atoms with E-state index in [1.54, 1.807) is 0 Å². The van der Waals surface area contributed by atoms with E-state index in [1.165, 1.54) is 37.2 Å². The molecule has 47 heavy (non-hydrogen) atoms. The highest BCUT2D eigenvalue weighted by molar-refractivity contribution is 5.97. The van der Waals surface area contributed by atoms with E-state index in [0.29, 0.717) is 41.6 Å². The van der Waals surface area contributed by atoms with Crippen molar-refractivity contribution in [2.24, 2.45) is 5.73 Å². The van der Waals surface area contributed by atoms with Crippen LogP contribution < -0.4 is 21.3 Å². The van der Waals surface area contributed by atoms with E-state index in [2.05, 4.69) is 74.6 Å². The van der Waals surface area contributed by atoms with E-state index in [4.69, 9.17) is 20.4 Å². The van der Waals surface area contributed by atoms with Gasteiger partial charge in [0.05, 0.1) is 5.60 Å². The summed E-state index contributed by atoms with van der Waals surface area (Å²) in [6.45, 7) is 13.9. The van der Waals surface area contributed by atoms with Crippen molar-refractivity contribution in [3.63, 3.8) is 0 Å². The van der Waals surface area contributed by atoms with Crippen molar-refractivity contribution in [1.29, 1.82) is 0 Å². The molecule has 1 aromatic carbocycles. The van der Waals surface area contributed by atoms with Crippen LogP contribution in [0.15, 0.2) is 24.3 Å². The van der Waals surface area contributed by atoms with Crippen molar-refractivity contribution >= 4 is 28.9 Å². The summed E-state index contributed by atoms with van der Waals surface area (Å²) in [6.07, 6.45) is 6.35. The van der Waals surface area contributed by atoms with Crippen LogP contribution >= 0.6 is 0 Å². The van der Waals surface area contributed by atoms with E-state index in [1.807, 2.05) is 13.0 Å². The minimum atomic E-state index is -0.646. The van der Waals surface area contributed by atoms with Gasteiger partial charge in [0.25, 0.3) is 5.91 Å². The summed E-state index contributed by atoms with van der Waals surface area (Å²) in [7, 11) is 2.22. The average molecular weight is 643 g/mol. The zero-order valence-electron chi connectivity index (χ0n) is 28.3. The normalized spacial score (nSPS) is 22.1. The Morgan fingerprint density at radius 3 is 2.47 bits per heavy atom. The summed E-state index contributed by atoms with van der Waals surface area (Å²) in [4.78, 5) is 30.2. The highest BCUT2D eigenvalue weighted by Gasteiger charge is 2.48. The average Bonchev–Trinajstić information content (AvgIpc) is 3.65. The number of aromatic nitrogens is 4. The minimum absolute atomic E-state index is 0.00445. The number of anilines is 4. The predicted molar refractivity (Wildman–Crippen MR) is 186 cm³/mol. The molecule has 1 atom stereocenters. The Balaban J connectivity index is 1.14. The van der Waals surface area contributed by atoms with Crippen LogP contribution in [-0.2, 0) is 4.74 Å². The number of aromatic amines is 1. The topological polar surface area (TPSA) is 141 Å². The number of nitrogens with one attached hydrogen (secondary N) is 3. The van der Waals surface area contributed by atoms with Crippen molar-refractivity contribution in [3.8, 4) is 11.4 Å². The molecule has 5 N–H and O–H groups in total. The van der Waals surface area contributed by atoms with Crippen molar-refractivity contribution in [2.75, 3.05) is 68.5 Å². The zero-order chi connectivity index (χ0) is 32.7. The van der Waals surface area contributed by atoms with Crippen LogP contribution in [-0.4, -0.2) is 106 Å². The summed E-state index contributed by atoms with van der Waals surface area (Å²) in [5.74, 6) is 0.580. The van der Waals surface area contributed by atoms with Crippen LogP contribution in [0.5, 0.6) is 0 Å². The minimum Gasteiger partial charge on any atom is -0.375 e. The predicted octanol–water partition coefficient (Wildman–Crippen LogP) is 4.48. The molecule has 4 fully saturated rings. The van der Waals surface area contributed by atoms with E-state index in [-0.39, 0.29) is 17.3 Å². The number of benzene rings is 1. The smallest absolute Gasteiger partial charge is 0.271 e. The van der Waals surface area contributed by atoms with E-state index in [9.17, 15) is 4.79 Å². The first kappa shape index (κ1) is 31.8. The summed E-state index contributed by atoms with van der Waals surface area (Å²) >= 11 is 0. The first-order valence-electron chi connectivity index (χ1n) is 17.4. The van der Waals surface area contributed by atoms with Gasteiger partial charge in [-0.3, -0.25) is 14.8 Å². The number of piperidine rings is 1. The van der Waals surface area contributed by atoms with Crippen molar-refractivity contribution in [1.82, 2.24) is 30.0 Å². The summed E-state index contributed by atoms with van der Waals surface area (Å²) < 4.78 is 6.06. The number of piperazine rings is 1. The molecule has 1 amide bonds. The van der Waals surface area contributed by atoms with Gasteiger partial charge < -0.3 is 30.9 Å². The monoisotopic (exact) mass is 642 g/mol. The Kier molecular flexibility index (Phi) is 8.84. The van der Waals surface area contributed by atoms with Crippen LogP contribution in [0.4, 0.5) is 23.0 Å². The molecule has 5 heterocycles. The van der Waals surface area contributed by atoms with Gasteiger partial charge in [-0.25, -0.2) is 9.97 Å². The second-order valence-electron chi connectivity index (χ2n) is 14.4. The fraction of sp³-hybridized carbons (Fsp3) is 0.600. The Hall–Kier alpha value is -3.74. The van der Waals surface area contributed by atoms with Gasteiger partial charge in [0, 0.05) is 75.0 Å². The molecule has 1 spiro atoms. The van der Waals surface area contributed by atoms with Crippen LogP contribution in [0.1, 0.15) is 80.0 Å².